The quantitative estimate of drug-likeness (QED) is 0.946. The third kappa shape index (κ3) is 1.98. The van der Waals surface area contributed by atoms with E-state index in [1.165, 1.54) is 24.0 Å². The maximum Gasteiger partial charge on any atom is 0.161 e. The summed E-state index contributed by atoms with van der Waals surface area (Å²) in [5.41, 5.74) is 3.98. The maximum absolute atomic E-state index is 5.50. The number of nitrogens with zero attached hydrogens (tertiary/aromatic N) is 1. The van der Waals surface area contributed by atoms with Gasteiger partial charge in [0, 0.05) is 18.2 Å². The molecule has 1 aliphatic heterocycles. The van der Waals surface area contributed by atoms with Gasteiger partial charge in [0.2, 0.25) is 0 Å². The van der Waals surface area contributed by atoms with Gasteiger partial charge in [-0.15, -0.1) is 0 Å². The predicted octanol–water partition coefficient (Wildman–Crippen LogP) is 2.82. The minimum Gasteiger partial charge on any atom is -0.493 e. The molecule has 1 unspecified atom stereocenters. The Morgan fingerprint density at radius 2 is 1.91 bits per heavy atom. The van der Waals surface area contributed by atoms with Gasteiger partial charge in [0.15, 0.2) is 11.5 Å². The van der Waals surface area contributed by atoms with Crippen LogP contribution in [0, 0.1) is 0 Å². The first-order valence-electron chi connectivity index (χ1n) is 7.68. The fraction of sp³-hybridized carbons (Fsp3) is 0.389. The van der Waals surface area contributed by atoms with E-state index in [9.17, 15) is 0 Å². The van der Waals surface area contributed by atoms with E-state index in [0.717, 1.165) is 23.7 Å². The summed E-state index contributed by atoms with van der Waals surface area (Å²) in [5.74, 6) is 1.59. The number of ether oxygens (including phenoxy) is 2. The van der Waals surface area contributed by atoms with E-state index in [2.05, 4.69) is 28.5 Å². The van der Waals surface area contributed by atoms with E-state index in [0.29, 0.717) is 0 Å². The highest BCUT2D eigenvalue weighted by molar-refractivity contribution is 5.55. The maximum atomic E-state index is 5.50. The van der Waals surface area contributed by atoms with Crippen molar-refractivity contribution in [2.24, 2.45) is 0 Å². The van der Waals surface area contributed by atoms with Gasteiger partial charge in [-0.05, 0) is 48.2 Å². The topological polar surface area (TPSA) is 43.4 Å². The minimum atomic E-state index is 0.113. The molecule has 1 saturated carbocycles. The highest BCUT2D eigenvalue weighted by Crippen LogP contribution is 2.54. The summed E-state index contributed by atoms with van der Waals surface area (Å²) in [7, 11) is 3.38. The lowest BCUT2D eigenvalue weighted by Crippen LogP contribution is -2.38. The first-order chi connectivity index (χ1) is 10.8. The Morgan fingerprint density at radius 3 is 2.55 bits per heavy atom. The van der Waals surface area contributed by atoms with E-state index < -0.39 is 0 Å². The highest BCUT2D eigenvalue weighted by Gasteiger charge is 2.49. The van der Waals surface area contributed by atoms with Gasteiger partial charge >= 0.3 is 0 Å². The first kappa shape index (κ1) is 13.6. The first-order valence-corrected chi connectivity index (χ1v) is 7.68. The van der Waals surface area contributed by atoms with Gasteiger partial charge in [-0.1, -0.05) is 6.07 Å². The summed E-state index contributed by atoms with van der Waals surface area (Å²) in [5, 5.41) is 3.67. The zero-order valence-electron chi connectivity index (χ0n) is 12.9. The van der Waals surface area contributed by atoms with Crippen molar-refractivity contribution in [1.82, 2.24) is 10.3 Å². The fourth-order valence-electron chi connectivity index (χ4n) is 3.50. The Labute approximate surface area is 130 Å². The molecule has 1 aromatic carbocycles. The predicted molar refractivity (Wildman–Crippen MR) is 84.5 cm³/mol. The van der Waals surface area contributed by atoms with Crippen LogP contribution in [0.25, 0.3) is 0 Å². The molecule has 1 aliphatic carbocycles. The van der Waals surface area contributed by atoms with E-state index in [1.807, 2.05) is 18.3 Å². The second-order valence-corrected chi connectivity index (χ2v) is 6.14. The standard InChI is InChI=1S/C18H20N2O2/c1-21-15-9-12-13(10-16(15)22-2)18(6-7-18)11-20-17(12)14-5-3-4-8-19-14/h3-5,8-10,17,20H,6-7,11H2,1-2H3. The molecule has 4 rings (SSSR count). The van der Waals surface area contributed by atoms with Gasteiger partial charge in [0.05, 0.1) is 26.0 Å². The molecule has 0 bridgehead atoms. The summed E-state index contributed by atoms with van der Waals surface area (Å²) in [6.07, 6.45) is 4.31. The molecule has 1 atom stereocenters. The Hall–Kier alpha value is -2.07. The molecule has 114 valence electrons. The van der Waals surface area contributed by atoms with Crippen LogP contribution in [0.2, 0.25) is 0 Å². The van der Waals surface area contributed by atoms with Crippen molar-refractivity contribution >= 4 is 0 Å². The Kier molecular flexibility index (Phi) is 3.08. The van der Waals surface area contributed by atoms with Crippen LogP contribution in [0.1, 0.15) is 35.7 Å². The molecule has 0 amide bonds. The van der Waals surface area contributed by atoms with Gasteiger partial charge in [0.1, 0.15) is 0 Å². The Bertz CT molecular complexity index is 696. The lowest BCUT2D eigenvalue weighted by Gasteiger charge is -2.33. The number of fused-ring (bicyclic) bond motifs is 2. The van der Waals surface area contributed by atoms with Crippen LogP contribution in [0.15, 0.2) is 36.5 Å². The van der Waals surface area contributed by atoms with Gasteiger partial charge < -0.3 is 14.8 Å². The molecule has 2 aromatic rings. The molecule has 1 spiro atoms. The van der Waals surface area contributed by atoms with Crippen LogP contribution in [0.4, 0.5) is 0 Å². The summed E-state index contributed by atoms with van der Waals surface area (Å²) < 4.78 is 11.0. The van der Waals surface area contributed by atoms with Crippen molar-refractivity contribution in [2.75, 3.05) is 20.8 Å². The molecule has 4 heteroatoms. The molecular formula is C18H20N2O2. The lowest BCUT2D eigenvalue weighted by molar-refractivity contribution is 0.351. The molecule has 0 saturated heterocycles. The smallest absolute Gasteiger partial charge is 0.161 e. The summed E-state index contributed by atoms with van der Waals surface area (Å²) in [6, 6.07) is 10.4. The second kappa shape index (κ2) is 4.99. The van der Waals surface area contributed by atoms with Gasteiger partial charge in [0.25, 0.3) is 0 Å². The van der Waals surface area contributed by atoms with Crippen molar-refractivity contribution in [3.05, 3.63) is 53.3 Å². The lowest BCUT2D eigenvalue weighted by atomic mass is 9.82. The number of aromatic nitrogens is 1. The molecule has 22 heavy (non-hydrogen) atoms. The zero-order chi connectivity index (χ0) is 15.2. The summed E-state index contributed by atoms with van der Waals surface area (Å²) in [6.45, 7) is 0.997. The SMILES string of the molecule is COc1cc2c(cc1OC)C1(CC1)CNC2c1ccccn1. The van der Waals surface area contributed by atoms with Crippen LogP contribution in [0.5, 0.6) is 11.5 Å². The van der Waals surface area contributed by atoms with Crippen molar-refractivity contribution < 1.29 is 9.47 Å². The molecule has 0 radical (unpaired) electrons. The van der Waals surface area contributed by atoms with E-state index >= 15 is 0 Å². The molecule has 4 nitrogen and oxygen atoms in total. The number of rotatable bonds is 3. The minimum absolute atomic E-state index is 0.113. The fourth-order valence-corrected chi connectivity index (χ4v) is 3.50. The van der Waals surface area contributed by atoms with E-state index in [-0.39, 0.29) is 11.5 Å². The largest absolute Gasteiger partial charge is 0.493 e. The summed E-state index contributed by atoms with van der Waals surface area (Å²) >= 11 is 0. The van der Waals surface area contributed by atoms with Gasteiger partial charge in [-0.25, -0.2) is 0 Å². The van der Waals surface area contributed by atoms with Crippen molar-refractivity contribution in [3.63, 3.8) is 0 Å². The van der Waals surface area contributed by atoms with Gasteiger partial charge in [-0.3, -0.25) is 4.98 Å². The van der Waals surface area contributed by atoms with Crippen molar-refractivity contribution in [1.29, 1.82) is 0 Å². The number of nitrogens with one attached hydrogen (secondary N) is 1. The number of benzene rings is 1. The van der Waals surface area contributed by atoms with Crippen molar-refractivity contribution in [3.8, 4) is 11.5 Å². The Morgan fingerprint density at radius 1 is 1.14 bits per heavy atom. The van der Waals surface area contributed by atoms with Crippen LogP contribution in [0.3, 0.4) is 0 Å². The third-order valence-electron chi connectivity index (χ3n) is 4.92. The van der Waals surface area contributed by atoms with Crippen LogP contribution < -0.4 is 14.8 Å². The molecule has 2 aliphatic rings. The Balaban J connectivity index is 1.87. The molecule has 1 N–H and O–H groups in total. The zero-order valence-corrected chi connectivity index (χ0v) is 12.9. The third-order valence-corrected chi connectivity index (χ3v) is 4.92. The number of methoxy groups -OCH3 is 2. The summed E-state index contributed by atoms with van der Waals surface area (Å²) in [4.78, 5) is 4.53. The van der Waals surface area contributed by atoms with E-state index in [1.54, 1.807) is 14.2 Å². The molecule has 2 heterocycles. The average molecular weight is 296 g/mol. The van der Waals surface area contributed by atoms with E-state index in [4.69, 9.17) is 9.47 Å². The number of pyridine rings is 1. The average Bonchev–Trinajstić information content (AvgIpc) is 3.35. The normalized spacial score (nSPS) is 21.3. The molecule has 1 fully saturated rings. The molecule has 1 aromatic heterocycles. The second-order valence-electron chi connectivity index (χ2n) is 6.14. The van der Waals surface area contributed by atoms with Crippen LogP contribution in [-0.2, 0) is 5.41 Å². The van der Waals surface area contributed by atoms with Crippen LogP contribution >= 0.6 is 0 Å². The monoisotopic (exact) mass is 296 g/mol. The highest BCUT2D eigenvalue weighted by atomic mass is 16.5. The molecular weight excluding hydrogens is 276 g/mol. The number of hydrogen-bond acceptors (Lipinski definition) is 4. The van der Waals surface area contributed by atoms with Crippen LogP contribution in [-0.4, -0.2) is 25.7 Å². The van der Waals surface area contributed by atoms with Gasteiger partial charge in [-0.2, -0.15) is 0 Å². The number of hydrogen-bond donors (Lipinski definition) is 1. The van der Waals surface area contributed by atoms with Crippen molar-refractivity contribution in [2.45, 2.75) is 24.3 Å².